The van der Waals surface area contributed by atoms with E-state index in [1.165, 1.54) is 11.6 Å². The predicted molar refractivity (Wildman–Crippen MR) is 116 cm³/mol. The van der Waals surface area contributed by atoms with Crippen LogP contribution in [0, 0.1) is 5.82 Å². The van der Waals surface area contributed by atoms with Crippen LogP contribution >= 0.6 is 0 Å². The lowest BCUT2D eigenvalue weighted by Crippen LogP contribution is -2.44. The van der Waals surface area contributed by atoms with E-state index in [1.807, 2.05) is 25.2 Å². The van der Waals surface area contributed by atoms with Gasteiger partial charge in [-0.3, -0.25) is 4.79 Å². The molecule has 2 aliphatic rings. The zero-order valence-corrected chi connectivity index (χ0v) is 17.0. The number of amides is 1. The molecule has 1 fully saturated rings. The van der Waals surface area contributed by atoms with Gasteiger partial charge in [0, 0.05) is 49.7 Å². The Hall–Kier alpha value is -3.42. The minimum absolute atomic E-state index is 0.0845. The number of hydrogen-bond acceptors (Lipinski definition) is 6. The smallest absolute Gasteiger partial charge is 0.246 e. The second-order valence-electron chi connectivity index (χ2n) is 7.66. The molecule has 30 heavy (non-hydrogen) atoms. The average Bonchev–Trinajstić information content (AvgIpc) is 3.03. The third-order valence-corrected chi connectivity index (χ3v) is 5.54. The van der Waals surface area contributed by atoms with E-state index < -0.39 is 5.82 Å². The molecule has 0 unspecified atom stereocenters. The molecule has 0 saturated carbocycles. The van der Waals surface area contributed by atoms with Crippen LogP contribution in [0.5, 0.6) is 0 Å². The zero-order valence-electron chi connectivity index (χ0n) is 17.0. The summed E-state index contributed by atoms with van der Waals surface area (Å²) >= 11 is 0. The summed E-state index contributed by atoms with van der Waals surface area (Å²) in [6, 6.07) is 5.91. The Kier molecular flexibility index (Phi) is 5.39. The summed E-state index contributed by atoms with van der Waals surface area (Å²) in [5, 5.41) is 6.27. The van der Waals surface area contributed by atoms with Gasteiger partial charge in [-0.25, -0.2) is 9.37 Å². The Morgan fingerprint density at radius 1 is 1.40 bits per heavy atom. The fourth-order valence-corrected chi connectivity index (χ4v) is 3.89. The highest BCUT2D eigenvalue weighted by molar-refractivity contribution is 5.87. The highest BCUT2D eigenvalue weighted by Gasteiger charge is 2.24. The molecule has 1 atom stereocenters. The van der Waals surface area contributed by atoms with Gasteiger partial charge in [0.2, 0.25) is 11.9 Å². The maximum atomic E-state index is 14.3. The molecule has 0 spiro atoms. The van der Waals surface area contributed by atoms with Crippen LogP contribution in [-0.2, 0) is 11.3 Å². The van der Waals surface area contributed by atoms with Gasteiger partial charge in [0.15, 0.2) is 11.6 Å². The van der Waals surface area contributed by atoms with Gasteiger partial charge in [0.05, 0.1) is 6.20 Å². The van der Waals surface area contributed by atoms with Gasteiger partial charge in [-0.15, -0.1) is 0 Å². The average molecular weight is 408 g/mol. The maximum absolute atomic E-state index is 14.3. The summed E-state index contributed by atoms with van der Waals surface area (Å²) < 4.78 is 14.3. The van der Waals surface area contributed by atoms with Gasteiger partial charge in [0.1, 0.15) is 0 Å². The van der Waals surface area contributed by atoms with Crippen molar-refractivity contribution in [3.8, 4) is 0 Å². The first-order valence-corrected chi connectivity index (χ1v) is 9.95. The van der Waals surface area contributed by atoms with Crippen molar-refractivity contribution in [1.82, 2.24) is 19.8 Å². The molecule has 8 heteroatoms. The molecular formula is C22H25FN6O. The molecule has 1 aromatic carbocycles. The van der Waals surface area contributed by atoms with Crippen LogP contribution in [0.3, 0.4) is 0 Å². The number of carbonyl (C=O) groups is 1. The number of hydrogen-bond donors (Lipinski definition) is 2. The van der Waals surface area contributed by atoms with Crippen molar-refractivity contribution in [2.24, 2.45) is 0 Å². The first-order chi connectivity index (χ1) is 14.4. The number of aromatic nitrogens is 2. The normalized spacial score (nSPS) is 18.2. The number of likely N-dealkylation sites (tertiary alicyclic amines) is 1. The Bertz CT molecular complexity index is 1010. The number of piperidine rings is 1. The SMILES string of the molecule is C=CC(=O)N1CCC[C@@H](Nc2nc(Nc3ccc4c(c3)C(=C)N(C)C4)ncc2F)C1. The summed E-state index contributed by atoms with van der Waals surface area (Å²) in [4.78, 5) is 24.1. The van der Waals surface area contributed by atoms with Crippen LogP contribution in [0.15, 0.2) is 43.6 Å². The van der Waals surface area contributed by atoms with E-state index in [0.717, 1.165) is 42.5 Å². The Balaban J connectivity index is 1.48. The molecule has 2 aromatic rings. The second kappa shape index (κ2) is 8.14. The topological polar surface area (TPSA) is 73.4 Å². The molecule has 1 saturated heterocycles. The van der Waals surface area contributed by atoms with Crippen molar-refractivity contribution < 1.29 is 9.18 Å². The molecule has 2 aliphatic heterocycles. The van der Waals surface area contributed by atoms with E-state index in [0.29, 0.717) is 19.0 Å². The first-order valence-electron chi connectivity index (χ1n) is 9.95. The molecule has 2 N–H and O–H groups in total. The second-order valence-corrected chi connectivity index (χ2v) is 7.66. The summed E-state index contributed by atoms with van der Waals surface area (Å²) in [6.45, 7) is 9.65. The van der Waals surface area contributed by atoms with Crippen LogP contribution in [0.2, 0.25) is 0 Å². The van der Waals surface area contributed by atoms with Gasteiger partial charge in [-0.1, -0.05) is 19.2 Å². The van der Waals surface area contributed by atoms with Crippen LogP contribution in [-0.4, -0.2) is 51.9 Å². The minimum atomic E-state index is -0.531. The number of benzene rings is 1. The molecular weight excluding hydrogens is 383 g/mol. The number of nitrogens with one attached hydrogen (secondary N) is 2. The molecule has 156 valence electrons. The van der Waals surface area contributed by atoms with Crippen LogP contribution < -0.4 is 10.6 Å². The van der Waals surface area contributed by atoms with Crippen LogP contribution in [0.1, 0.15) is 24.0 Å². The standard InChI is InChI=1S/C22H25FN6O/c1-4-20(30)29-9-5-6-17(13-29)25-21-19(23)11-24-22(27-21)26-16-8-7-15-12-28(3)14(2)18(15)10-16/h4,7-8,10-11,17H,1-2,5-6,9,12-13H2,3H3,(H2,24,25,26,27)/t17-/m1/s1. The quantitative estimate of drug-likeness (QED) is 0.739. The highest BCUT2D eigenvalue weighted by Crippen LogP contribution is 2.32. The van der Waals surface area contributed by atoms with E-state index in [2.05, 4.69) is 38.7 Å². The largest absolute Gasteiger partial charge is 0.370 e. The van der Waals surface area contributed by atoms with Gasteiger partial charge in [-0.2, -0.15) is 4.98 Å². The van der Waals surface area contributed by atoms with Crippen LogP contribution in [0.25, 0.3) is 5.70 Å². The molecule has 1 amide bonds. The van der Waals surface area contributed by atoms with Gasteiger partial charge in [-0.05, 0) is 36.6 Å². The van der Waals surface area contributed by atoms with E-state index in [-0.39, 0.29) is 17.8 Å². The Labute approximate surface area is 175 Å². The lowest BCUT2D eigenvalue weighted by Gasteiger charge is -2.32. The van der Waals surface area contributed by atoms with E-state index in [1.54, 1.807) is 4.90 Å². The molecule has 0 radical (unpaired) electrons. The molecule has 4 rings (SSSR count). The monoisotopic (exact) mass is 408 g/mol. The number of rotatable bonds is 5. The van der Waals surface area contributed by atoms with Crippen LogP contribution in [0.4, 0.5) is 21.8 Å². The van der Waals surface area contributed by atoms with Gasteiger partial charge >= 0.3 is 0 Å². The molecule has 3 heterocycles. The maximum Gasteiger partial charge on any atom is 0.246 e. The Morgan fingerprint density at radius 3 is 3.03 bits per heavy atom. The van der Waals surface area contributed by atoms with E-state index >= 15 is 0 Å². The number of carbonyl (C=O) groups excluding carboxylic acids is 1. The zero-order chi connectivity index (χ0) is 21.3. The fraction of sp³-hybridized carbons (Fsp3) is 0.318. The predicted octanol–water partition coefficient (Wildman–Crippen LogP) is 3.36. The number of anilines is 3. The van der Waals surface area contributed by atoms with E-state index in [9.17, 15) is 9.18 Å². The summed E-state index contributed by atoms with van der Waals surface area (Å²) in [5.41, 5.74) is 4.07. The molecule has 1 aromatic heterocycles. The third-order valence-electron chi connectivity index (χ3n) is 5.54. The molecule has 0 aliphatic carbocycles. The summed E-state index contributed by atoms with van der Waals surface area (Å²) in [5.74, 6) is -0.228. The van der Waals surface area contributed by atoms with Crippen molar-refractivity contribution in [3.05, 3.63) is 60.6 Å². The lowest BCUT2D eigenvalue weighted by atomic mass is 10.1. The molecule has 0 bridgehead atoms. The third kappa shape index (κ3) is 3.98. The van der Waals surface area contributed by atoms with Crippen molar-refractivity contribution in [2.75, 3.05) is 30.8 Å². The lowest BCUT2D eigenvalue weighted by molar-refractivity contribution is -0.127. The van der Waals surface area contributed by atoms with Crippen molar-refractivity contribution >= 4 is 29.1 Å². The van der Waals surface area contributed by atoms with Gasteiger partial charge in [0.25, 0.3) is 0 Å². The highest BCUT2D eigenvalue weighted by atomic mass is 19.1. The number of halogens is 1. The van der Waals surface area contributed by atoms with Crippen molar-refractivity contribution in [1.29, 1.82) is 0 Å². The molecule has 7 nitrogen and oxygen atoms in total. The van der Waals surface area contributed by atoms with Crippen molar-refractivity contribution in [3.63, 3.8) is 0 Å². The Morgan fingerprint density at radius 2 is 2.23 bits per heavy atom. The van der Waals surface area contributed by atoms with Gasteiger partial charge < -0.3 is 20.4 Å². The first kappa shape index (κ1) is 19.9. The summed E-state index contributed by atoms with van der Waals surface area (Å²) in [7, 11) is 2.01. The fourth-order valence-electron chi connectivity index (χ4n) is 3.89. The summed E-state index contributed by atoms with van der Waals surface area (Å²) in [6.07, 6.45) is 4.11. The van der Waals surface area contributed by atoms with E-state index in [4.69, 9.17) is 0 Å². The number of fused-ring (bicyclic) bond motifs is 1. The minimum Gasteiger partial charge on any atom is -0.370 e. The number of nitrogens with zero attached hydrogens (tertiary/aromatic N) is 4. The van der Waals surface area contributed by atoms with Crippen molar-refractivity contribution in [2.45, 2.75) is 25.4 Å².